The molecule has 5 rings (SSSR count). The second-order valence-electron chi connectivity index (χ2n) is 7.88. The minimum atomic E-state index is -0.512. The lowest BCUT2D eigenvalue weighted by Gasteiger charge is -2.31. The zero-order valence-electron chi connectivity index (χ0n) is 17.4. The first-order valence-corrected chi connectivity index (χ1v) is 10.5. The van der Waals surface area contributed by atoms with Crippen LogP contribution in [0, 0.1) is 0 Å². The molecule has 0 unspecified atom stereocenters. The van der Waals surface area contributed by atoms with E-state index in [4.69, 9.17) is 0 Å². The van der Waals surface area contributed by atoms with Crippen molar-refractivity contribution in [1.29, 1.82) is 0 Å². The van der Waals surface area contributed by atoms with Gasteiger partial charge in [0.15, 0.2) is 5.65 Å². The highest BCUT2D eigenvalue weighted by molar-refractivity contribution is 5.94. The first-order chi connectivity index (χ1) is 15.6. The molecule has 2 N–H and O–H groups in total. The SMILES string of the molecule is O=C(NCc1ccccc1)c1ccc2c(c1)CCN(c1cc(=O)n(O)c3ncccc13)C2. The Hall–Kier alpha value is -4.13. The van der Waals surface area contributed by atoms with Crippen LogP contribution in [0.3, 0.4) is 0 Å². The Morgan fingerprint density at radius 3 is 2.72 bits per heavy atom. The fourth-order valence-electron chi connectivity index (χ4n) is 4.17. The second-order valence-corrected chi connectivity index (χ2v) is 7.88. The Kier molecular flexibility index (Phi) is 5.07. The minimum absolute atomic E-state index is 0.0947. The summed E-state index contributed by atoms with van der Waals surface area (Å²) >= 11 is 0. The third kappa shape index (κ3) is 3.69. The molecule has 0 bridgehead atoms. The van der Waals surface area contributed by atoms with Crippen molar-refractivity contribution in [2.24, 2.45) is 0 Å². The maximum atomic E-state index is 12.6. The van der Waals surface area contributed by atoms with Gasteiger partial charge < -0.3 is 15.4 Å². The molecule has 0 aliphatic carbocycles. The van der Waals surface area contributed by atoms with Crippen LogP contribution in [0.15, 0.2) is 77.7 Å². The third-order valence-corrected chi connectivity index (χ3v) is 5.85. The van der Waals surface area contributed by atoms with E-state index in [1.54, 1.807) is 12.3 Å². The summed E-state index contributed by atoms with van der Waals surface area (Å²) in [6.45, 7) is 1.79. The molecular weight excluding hydrogens is 404 g/mol. The molecule has 0 atom stereocenters. The molecule has 1 aliphatic rings. The molecule has 0 spiro atoms. The molecule has 0 radical (unpaired) electrons. The van der Waals surface area contributed by atoms with Crippen molar-refractivity contribution in [1.82, 2.24) is 15.0 Å². The summed E-state index contributed by atoms with van der Waals surface area (Å²) in [6.07, 6.45) is 2.30. The Morgan fingerprint density at radius 1 is 1.03 bits per heavy atom. The molecule has 160 valence electrons. The molecule has 1 amide bonds. The number of anilines is 1. The second kappa shape index (κ2) is 8.19. The van der Waals surface area contributed by atoms with Gasteiger partial charge >= 0.3 is 0 Å². The Balaban J connectivity index is 1.37. The summed E-state index contributed by atoms with van der Waals surface area (Å²) in [5.74, 6) is -0.0947. The summed E-state index contributed by atoms with van der Waals surface area (Å²) in [4.78, 5) is 31.1. The molecule has 0 saturated heterocycles. The minimum Gasteiger partial charge on any atom is -0.423 e. The predicted molar refractivity (Wildman–Crippen MR) is 122 cm³/mol. The van der Waals surface area contributed by atoms with E-state index in [0.29, 0.717) is 29.9 Å². The van der Waals surface area contributed by atoms with Gasteiger partial charge in [0.25, 0.3) is 11.5 Å². The first-order valence-electron chi connectivity index (χ1n) is 10.5. The lowest BCUT2D eigenvalue weighted by molar-refractivity contribution is 0.0950. The lowest BCUT2D eigenvalue weighted by Crippen LogP contribution is -2.32. The van der Waals surface area contributed by atoms with Crippen LogP contribution in [0.5, 0.6) is 0 Å². The summed E-state index contributed by atoms with van der Waals surface area (Å²) < 4.78 is 0.580. The molecule has 7 heteroatoms. The van der Waals surface area contributed by atoms with Crippen molar-refractivity contribution in [3.05, 3.63) is 106 Å². The molecule has 4 aromatic rings. The van der Waals surface area contributed by atoms with Crippen molar-refractivity contribution >= 4 is 22.6 Å². The van der Waals surface area contributed by atoms with Gasteiger partial charge in [-0.15, -0.1) is 4.73 Å². The number of nitrogens with one attached hydrogen (secondary N) is 1. The molecule has 2 aromatic heterocycles. The van der Waals surface area contributed by atoms with Crippen molar-refractivity contribution in [3.8, 4) is 0 Å². The molecule has 1 aliphatic heterocycles. The van der Waals surface area contributed by atoms with Crippen molar-refractivity contribution < 1.29 is 10.0 Å². The van der Waals surface area contributed by atoms with Crippen LogP contribution >= 0.6 is 0 Å². The van der Waals surface area contributed by atoms with Crippen LogP contribution in [0.4, 0.5) is 5.69 Å². The number of pyridine rings is 2. The van der Waals surface area contributed by atoms with Crippen molar-refractivity contribution in [2.75, 3.05) is 11.4 Å². The average Bonchev–Trinajstić information content (AvgIpc) is 2.85. The number of carbonyl (C=O) groups is 1. The Morgan fingerprint density at radius 2 is 1.88 bits per heavy atom. The largest absolute Gasteiger partial charge is 0.423 e. The molecule has 32 heavy (non-hydrogen) atoms. The number of hydrogen-bond acceptors (Lipinski definition) is 5. The topological polar surface area (TPSA) is 87.5 Å². The van der Waals surface area contributed by atoms with Crippen LogP contribution in [-0.2, 0) is 19.5 Å². The third-order valence-electron chi connectivity index (χ3n) is 5.85. The van der Waals surface area contributed by atoms with E-state index in [1.165, 1.54) is 6.07 Å². The maximum Gasteiger partial charge on any atom is 0.286 e. The van der Waals surface area contributed by atoms with E-state index in [1.807, 2.05) is 54.6 Å². The van der Waals surface area contributed by atoms with Gasteiger partial charge in [-0.05, 0) is 47.4 Å². The van der Waals surface area contributed by atoms with Crippen LogP contribution in [0.25, 0.3) is 11.0 Å². The normalized spacial score (nSPS) is 13.1. The van der Waals surface area contributed by atoms with Gasteiger partial charge in [-0.1, -0.05) is 36.4 Å². The van der Waals surface area contributed by atoms with Gasteiger partial charge in [0, 0.05) is 42.8 Å². The number of amides is 1. The van der Waals surface area contributed by atoms with Crippen LogP contribution in [0.1, 0.15) is 27.0 Å². The number of aromatic nitrogens is 2. The van der Waals surface area contributed by atoms with Gasteiger partial charge in [-0.25, -0.2) is 4.98 Å². The van der Waals surface area contributed by atoms with E-state index in [2.05, 4.69) is 15.2 Å². The van der Waals surface area contributed by atoms with E-state index in [9.17, 15) is 14.8 Å². The number of fused-ring (bicyclic) bond motifs is 2. The zero-order chi connectivity index (χ0) is 22.1. The van der Waals surface area contributed by atoms with Crippen molar-refractivity contribution in [2.45, 2.75) is 19.5 Å². The Labute approximate surface area is 184 Å². The van der Waals surface area contributed by atoms with Crippen LogP contribution in [-0.4, -0.2) is 27.4 Å². The van der Waals surface area contributed by atoms with Gasteiger partial charge in [0.2, 0.25) is 0 Å². The lowest BCUT2D eigenvalue weighted by atomic mass is 9.96. The van der Waals surface area contributed by atoms with Gasteiger partial charge in [-0.3, -0.25) is 9.59 Å². The van der Waals surface area contributed by atoms with Gasteiger partial charge in [0.1, 0.15) is 0 Å². The summed E-state index contributed by atoms with van der Waals surface area (Å²) in [5, 5.41) is 13.7. The van der Waals surface area contributed by atoms with Crippen LogP contribution < -0.4 is 15.8 Å². The smallest absolute Gasteiger partial charge is 0.286 e. The molecule has 0 saturated carbocycles. The van der Waals surface area contributed by atoms with E-state index >= 15 is 0 Å². The highest BCUT2D eigenvalue weighted by Crippen LogP contribution is 2.29. The molecule has 0 fully saturated rings. The number of hydrogen-bond donors (Lipinski definition) is 2. The molecule has 2 aromatic carbocycles. The van der Waals surface area contributed by atoms with E-state index in [-0.39, 0.29) is 11.6 Å². The predicted octanol–water partition coefficient (Wildman–Crippen LogP) is 3.13. The fourth-order valence-corrected chi connectivity index (χ4v) is 4.17. The Bertz CT molecular complexity index is 1360. The quantitative estimate of drug-likeness (QED) is 0.490. The summed E-state index contributed by atoms with van der Waals surface area (Å²) in [7, 11) is 0. The van der Waals surface area contributed by atoms with E-state index < -0.39 is 5.56 Å². The number of nitrogens with zero attached hydrogens (tertiary/aromatic N) is 3. The molecular formula is C25H22N4O3. The standard InChI is InChI=1S/C25H22N4O3/c30-23-14-22(21-7-4-11-26-24(21)29(23)32)28-12-10-18-13-19(8-9-20(18)16-28)25(31)27-15-17-5-2-1-3-6-17/h1-9,11,13-14,32H,10,12,15-16H2,(H,27,31). The first kappa shape index (κ1) is 19.8. The van der Waals surface area contributed by atoms with Gasteiger partial charge in [-0.2, -0.15) is 0 Å². The van der Waals surface area contributed by atoms with Gasteiger partial charge in [0.05, 0.1) is 5.69 Å². The summed E-state index contributed by atoms with van der Waals surface area (Å²) in [6, 6.07) is 20.7. The monoisotopic (exact) mass is 426 g/mol. The fraction of sp³-hybridized carbons (Fsp3) is 0.160. The highest BCUT2D eigenvalue weighted by atomic mass is 16.5. The number of carbonyl (C=O) groups excluding carboxylic acids is 1. The number of rotatable bonds is 4. The zero-order valence-corrected chi connectivity index (χ0v) is 17.4. The van der Waals surface area contributed by atoms with Crippen LogP contribution in [0.2, 0.25) is 0 Å². The highest BCUT2D eigenvalue weighted by Gasteiger charge is 2.21. The molecule has 7 nitrogen and oxygen atoms in total. The molecule has 3 heterocycles. The van der Waals surface area contributed by atoms with Crippen molar-refractivity contribution in [3.63, 3.8) is 0 Å². The summed E-state index contributed by atoms with van der Waals surface area (Å²) in [5.41, 5.74) is 4.42. The average molecular weight is 426 g/mol. The maximum absolute atomic E-state index is 12.6. The van der Waals surface area contributed by atoms with E-state index in [0.717, 1.165) is 34.2 Å². The number of benzene rings is 2.